The molecule has 0 spiro atoms. The lowest BCUT2D eigenvalue weighted by Gasteiger charge is -2.04. The van der Waals surface area contributed by atoms with Crippen LogP contribution in [0.2, 0.25) is 0 Å². The number of alkyl halides is 1. The van der Waals surface area contributed by atoms with Gasteiger partial charge in [-0.1, -0.05) is 35.5 Å². The fourth-order valence-electron chi connectivity index (χ4n) is 1.03. The molecule has 17 heavy (non-hydrogen) atoms. The third-order valence-corrected chi connectivity index (χ3v) is 1.92. The van der Waals surface area contributed by atoms with Crippen molar-refractivity contribution in [2.24, 2.45) is 5.16 Å². The Morgan fingerprint density at radius 3 is 2.47 bits per heavy atom. The molecule has 0 bridgehead atoms. The fraction of sp³-hybridized carbons (Fsp3) is 0.182. The van der Waals surface area contributed by atoms with Crippen LogP contribution < -0.4 is 0 Å². The third kappa shape index (κ3) is 4.36. The Balaban J connectivity index is 2.98. The molecule has 1 rings (SSSR count). The number of hydrogen-bond acceptors (Lipinski definition) is 5. The van der Waals surface area contributed by atoms with Crippen LogP contribution in [0.15, 0.2) is 35.5 Å². The zero-order chi connectivity index (χ0) is 12.7. The van der Waals surface area contributed by atoms with Crippen molar-refractivity contribution in [2.75, 3.05) is 5.52 Å². The minimum Gasteiger partial charge on any atom is -0.449 e. The molecule has 6 heteroatoms. The molecule has 0 aliphatic heterocycles. The Labute approximate surface area is 107 Å². The lowest BCUT2D eigenvalue weighted by Crippen LogP contribution is -2.19. The number of ether oxygens (including phenoxy) is 1. The molecule has 5 nitrogen and oxygen atoms in total. The summed E-state index contributed by atoms with van der Waals surface area (Å²) in [5.74, 6) is -1.28. The Morgan fingerprint density at radius 1 is 1.29 bits per heavy atom. The summed E-state index contributed by atoms with van der Waals surface area (Å²) in [6.07, 6.45) is 0. The number of carbonyl (C=O) groups is 2. The lowest BCUT2D eigenvalue weighted by molar-refractivity contribution is -0.141. The molecule has 0 heterocycles. The summed E-state index contributed by atoms with van der Waals surface area (Å²) in [6.45, 7) is 1.20. The van der Waals surface area contributed by atoms with Gasteiger partial charge in [0.15, 0.2) is 5.71 Å². The van der Waals surface area contributed by atoms with Gasteiger partial charge in [0.25, 0.3) is 0 Å². The maximum absolute atomic E-state index is 11.6. The van der Waals surface area contributed by atoms with Crippen molar-refractivity contribution in [3.05, 3.63) is 35.9 Å². The van der Waals surface area contributed by atoms with Crippen LogP contribution in [-0.2, 0) is 19.2 Å². The van der Waals surface area contributed by atoms with Gasteiger partial charge in [-0.15, -0.1) is 0 Å². The smallest absolute Gasteiger partial charge is 0.361 e. The summed E-state index contributed by atoms with van der Waals surface area (Å²) >= 11 is 2.97. The molecule has 90 valence electrons. The van der Waals surface area contributed by atoms with E-state index in [1.165, 1.54) is 6.92 Å². The minimum atomic E-state index is -0.672. The second kappa shape index (κ2) is 6.80. The van der Waals surface area contributed by atoms with Gasteiger partial charge in [-0.25, -0.2) is 9.59 Å². The Bertz CT molecular complexity index is 430. The molecule has 0 aliphatic rings. The van der Waals surface area contributed by atoms with Crippen LogP contribution in [0.25, 0.3) is 0 Å². The number of benzene rings is 1. The number of carbonyl (C=O) groups excluding carboxylic acids is 2. The number of halogens is 1. The molecular weight excluding hydrogens is 290 g/mol. The Morgan fingerprint density at radius 2 is 1.94 bits per heavy atom. The van der Waals surface area contributed by atoms with Crippen LogP contribution in [0.3, 0.4) is 0 Å². The monoisotopic (exact) mass is 299 g/mol. The predicted octanol–water partition coefficient (Wildman–Crippen LogP) is 1.85. The van der Waals surface area contributed by atoms with E-state index in [1.54, 1.807) is 30.3 Å². The first-order valence-electron chi connectivity index (χ1n) is 4.69. The Hall–Kier alpha value is -1.69. The molecule has 1 aromatic rings. The average molecular weight is 300 g/mol. The molecule has 0 unspecified atom stereocenters. The van der Waals surface area contributed by atoms with Crippen LogP contribution >= 0.6 is 15.9 Å². The van der Waals surface area contributed by atoms with Crippen molar-refractivity contribution < 1.29 is 19.2 Å². The van der Waals surface area contributed by atoms with Gasteiger partial charge in [0.2, 0.25) is 0 Å². The number of rotatable bonds is 4. The molecule has 0 amide bonds. The molecule has 1 aromatic carbocycles. The summed E-state index contributed by atoms with van der Waals surface area (Å²) in [7, 11) is 0. The topological polar surface area (TPSA) is 65.0 Å². The molecule has 0 saturated carbocycles. The molecule has 0 aliphatic carbocycles. The highest BCUT2D eigenvalue weighted by Crippen LogP contribution is 2.04. The first kappa shape index (κ1) is 13.4. The Kier molecular flexibility index (Phi) is 5.35. The summed E-state index contributed by atoms with van der Waals surface area (Å²) in [5, 5.41) is 3.48. The van der Waals surface area contributed by atoms with E-state index in [9.17, 15) is 9.59 Å². The first-order chi connectivity index (χ1) is 8.15. The second-order valence-electron chi connectivity index (χ2n) is 2.93. The number of esters is 1. The summed E-state index contributed by atoms with van der Waals surface area (Å²) in [4.78, 5) is 26.7. The van der Waals surface area contributed by atoms with Crippen molar-refractivity contribution in [1.82, 2.24) is 0 Å². The minimum absolute atomic E-state index is 0.0394. The maximum Gasteiger partial charge on any atom is 0.361 e. The number of hydrogen-bond donors (Lipinski definition) is 0. The third-order valence-electron chi connectivity index (χ3n) is 1.69. The summed E-state index contributed by atoms with van der Waals surface area (Å²) in [5.41, 5.74) is 0.498. The van der Waals surface area contributed by atoms with Crippen LogP contribution in [0, 0.1) is 0 Å². The van der Waals surface area contributed by atoms with Crippen molar-refractivity contribution in [2.45, 2.75) is 6.92 Å². The van der Waals surface area contributed by atoms with Gasteiger partial charge in [-0.3, -0.25) is 0 Å². The van der Waals surface area contributed by atoms with Crippen molar-refractivity contribution >= 4 is 33.6 Å². The van der Waals surface area contributed by atoms with Gasteiger partial charge in [0.05, 0.1) is 0 Å². The van der Waals surface area contributed by atoms with E-state index in [0.717, 1.165) is 0 Å². The number of oxime groups is 1. The molecule has 0 aromatic heterocycles. The lowest BCUT2D eigenvalue weighted by atomic mass is 10.1. The van der Waals surface area contributed by atoms with Crippen molar-refractivity contribution in [3.63, 3.8) is 0 Å². The maximum atomic E-state index is 11.6. The number of nitrogens with zero attached hydrogens (tertiary/aromatic N) is 1. The van der Waals surface area contributed by atoms with E-state index < -0.39 is 11.9 Å². The quantitative estimate of drug-likeness (QED) is 0.280. The van der Waals surface area contributed by atoms with Crippen LogP contribution in [0.1, 0.15) is 12.5 Å². The van der Waals surface area contributed by atoms with E-state index in [2.05, 4.69) is 25.9 Å². The zero-order valence-corrected chi connectivity index (χ0v) is 10.6. The van der Waals surface area contributed by atoms with E-state index in [4.69, 9.17) is 4.74 Å². The average Bonchev–Trinajstić information content (AvgIpc) is 2.30. The van der Waals surface area contributed by atoms with Crippen molar-refractivity contribution in [3.8, 4) is 0 Å². The van der Waals surface area contributed by atoms with Crippen LogP contribution in [0.4, 0.5) is 0 Å². The van der Waals surface area contributed by atoms with Gasteiger partial charge in [-0.05, 0) is 15.9 Å². The molecule has 0 fully saturated rings. The van der Waals surface area contributed by atoms with Crippen LogP contribution in [0.5, 0.6) is 0 Å². The zero-order valence-electron chi connectivity index (χ0n) is 9.05. The van der Waals surface area contributed by atoms with Gasteiger partial charge < -0.3 is 9.57 Å². The first-order valence-corrected chi connectivity index (χ1v) is 5.81. The van der Waals surface area contributed by atoms with E-state index in [-0.39, 0.29) is 11.2 Å². The van der Waals surface area contributed by atoms with E-state index >= 15 is 0 Å². The standard InChI is InChI=1S/C11H10BrNO4/c1-8(14)17-13-10(11(15)16-7-12)9-5-3-2-4-6-9/h2-6H,7H2,1H3. The van der Waals surface area contributed by atoms with Crippen molar-refractivity contribution in [1.29, 1.82) is 0 Å². The van der Waals surface area contributed by atoms with Gasteiger partial charge in [0.1, 0.15) is 5.52 Å². The summed E-state index contributed by atoms with van der Waals surface area (Å²) < 4.78 is 4.75. The van der Waals surface area contributed by atoms with Gasteiger partial charge in [0, 0.05) is 12.5 Å². The van der Waals surface area contributed by atoms with E-state index in [0.29, 0.717) is 5.56 Å². The predicted molar refractivity (Wildman–Crippen MR) is 64.6 cm³/mol. The molecular formula is C11H10BrNO4. The highest BCUT2D eigenvalue weighted by Gasteiger charge is 2.16. The van der Waals surface area contributed by atoms with Crippen LogP contribution in [-0.4, -0.2) is 23.2 Å². The normalized spacial score (nSPS) is 10.8. The summed E-state index contributed by atoms with van der Waals surface area (Å²) in [6, 6.07) is 8.60. The SMILES string of the molecule is CC(=O)ON=C(C(=O)OCBr)c1ccccc1. The highest BCUT2D eigenvalue weighted by molar-refractivity contribution is 9.09. The molecule has 0 atom stereocenters. The second-order valence-corrected chi connectivity index (χ2v) is 3.39. The van der Waals surface area contributed by atoms with E-state index in [1.807, 2.05) is 0 Å². The molecule has 0 saturated heterocycles. The van der Waals surface area contributed by atoms with Gasteiger partial charge >= 0.3 is 11.9 Å². The molecule has 0 radical (unpaired) electrons. The highest BCUT2D eigenvalue weighted by atomic mass is 79.9. The fourth-order valence-corrected chi connectivity index (χ4v) is 1.24. The molecule has 0 N–H and O–H groups in total. The largest absolute Gasteiger partial charge is 0.449 e. The van der Waals surface area contributed by atoms with Gasteiger partial charge in [-0.2, -0.15) is 0 Å².